The van der Waals surface area contributed by atoms with Gasteiger partial charge >= 0.3 is 5.97 Å². The van der Waals surface area contributed by atoms with Gasteiger partial charge in [-0.1, -0.05) is 22.8 Å². The lowest BCUT2D eigenvalue weighted by atomic mass is 10.2. The molecule has 2 aromatic rings. The van der Waals surface area contributed by atoms with Crippen LogP contribution in [0.4, 0.5) is 0 Å². The molecule has 4 nitrogen and oxygen atoms in total. The molecular formula is C14H13ClN2O2S. The fourth-order valence-electron chi connectivity index (χ4n) is 1.69. The van der Waals surface area contributed by atoms with Crippen LogP contribution < -0.4 is 0 Å². The molecule has 0 unspecified atom stereocenters. The molecule has 0 aliphatic heterocycles. The van der Waals surface area contributed by atoms with Gasteiger partial charge in [-0.15, -0.1) is 11.3 Å². The summed E-state index contributed by atoms with van der Waals surface area (Å²) in [6.07, 6.45) is 0. The number of hydrogen-bond acceptors (Lipinski definition) is 5. The first kappa shape index (κ1) is 14.7. The third-order valence-corrected chi connectivity index (χ3v) is 3.97. The first-order valence-corrected chi connectivity index (χ1v) is 7.12. The summed E-state index contributed by atoms with van der Waals surface area (Å²) >= 11 is 7.34. The molecule has 6 heteroatoms. The second kappa shape index (κ2) is 6.15. The van der Waals surface area contributed by atoms with Gasteiger partial charge in [-0.05, 0) is 39.0 Å². The molecule has 104 valence electrons. The highest BCUT2D eigenvalue weighted by atomic mass is 35.5. The molecule has 1 heterocycles. The summed E-state index contributed by atoms with van der Waals surface area (Å²) in [5.41, 5.74) is 1.88. The van der Waals surface area contributed by atoms with Crippen LogP contribution in [0.3, 0.4) is 0 Å². The van der Waals surface area contributed by atoms with E-state index in [0.717, 1.165) is 15.6 Å². The van der Waals surface area contributed by atoms with Crippen LogP contribution >= 0.6 is 22.9 Å². The van der Waals surface area contributed by atoms with Crippen LogP contribution in [0.25, 0.3) is 0 Å². The van der Waals surface area contributed by atoms with Crippen molar-refractivity contribution in [2.45, 2.75) is 20.8 Å². The first-order valence-electron chi connectivity index (χ1n) is 5.93. The van der Waals surface area contributed by atoms with E-state index in [4.69, 9.17) is 16.4 Å². The van der Waals surface area contributed by atoms with Gasteiger partial charge in [0.05, 0.1) is 26.9 Å². The first-order chi connectivity index (χ1) is 9.47. The Labute approximate surface area is 126 Å². The van der Waals surface area contributed by atoms with Crippen LogP contribution in [0.1, 0.15) is 32.9 Å². The van der Waals surface area contributed by atoms with Gasteiger partial charge in [0.2, 0.25) is 0 Å². The maximum absolute atomic E-state index is 11.8. The molecular weight excluding hydrogens is 296 g/mol. The van der Waals surface area contributed by atoms with Gasteiger partial charge in [-0.3, -0.25) is 0 Å². The van der Waals surface area contributed by atoms with Crippen molar-refractivity contribution in [3.8, 4) is 0 Å². The molecule has 0 fully saturated rings. The van der Waals surface area contributed by atoms with Crippen molar-refractivity contribution in [2.75, 3.05) is 0 Å². The minimum atomic E-state index is -0.536. The monoisotopic (exact) mass is 308 g/mol. The Morgan fingerprint density at radius 1 is 1.40 bits per heavy atom. The van der Waals surface area contributed by atoms with Gasteiger partial charge in [0.15, 0.2) is 0 Å². The highest BCUT2D eigenvalue weighted by Crippen LogP contribution is 2.18. The lowest BCUT2D eigenvalue weighted by Gasteiger charge is -2.00. The zero-order valence-corrected chi connectivity index (χ0v) is 12.9. The summed E-state index contributed by atoms with van der Waals surface area (Å²) < 4.78 is 0. The van der Waals surface area contributed by atoms with Crippen molar-refractivity contribution in [1.82, 2.24) is 4.98 Å². The molecule has 0 bridgehead atoms. The maximum Gasteiger partial charge on any atom is 0.365 e. The lowest BCUT2D eigenvalue weighted by Crippen LogP contribution is -2.03. The molecule has 0 aliphatic rings. The highest BCUT2D eigenvalue weighted by Gasteiger charge is 2.11. The van der Waals surface area contributed by atoms with Crippen molar-refractivity contribution >= 4 is 34.6 Å². The van der Waals surface area contributed by atoms with Gasteiger partial charge in [0.25, 0.3) is 0 Å². The Morgan fingerprint density at radius 3 is 2.75 bits per heavy atom. The average molecular weight is 309 g/mol. The molecule has 0 N–H and O–H groups in total. The van der Waals surface area contributed by atoms with Crippen molar-refractivity contribution in [3.63, 3.8) is 0 Å². The summed E-state index contributed by atoms with van der Waals surface area (Å²) in [5, 5.41) is 5.30. The Balaban J connectivity index is 2.13. The SMILES string of the molecule is C/C(=N/OC(=O)c1cccc(Cl)c1)c1sc(C)nc1C. The number of carbonyl (C=O) groups is 1. The fourth-order valence-corrected chi connectivity index (χ4v) is 2.73. The largest absolute Gasteiger partial charge is 0.365 e. The predicted molar refractivity (Wildman–Crippen MR) is 80.7 cm³/mol. The van der Waals surface area contributed by atoms with Crippen LogP contribution in [-0.2, 0) is 4.84 Å². The van der Waals surface area contributed by atoms with E-state index in [9.17, 15) is 4.79 Å². The molecule has 0 aliphatic carbocycles. The number of nitrogens with zero attached hydrogens (tertiary/aromatic N) is 2. The summed E-state index contributed by atoms with van der Waals surface area (Å²) in [6, 6.07) is 6.54. The summed E-state index contributed by atoms with van der Waals surface area (Å²) in [5.74, 6) is -0.536. The van der Waals surface area contributed by atoms with Gasteiger partial charge < -0.3 is 4.84 Å². The minimum absolute atomic E-state index is 0.367. The lowest BCUT2D eigenvalue weighted by molar-refractivity contribution is 0.0516. The second-order valence-electron chi connectivity index (χ2n) is 4.21. The zero-order valence-electron chi connectivity index (χ0n) is 11.3. The van der Waals surface area contributed by atoms with E-state index < -0.39 is 5.97 Å². The van der Waals surface area contributed by atoms with Gasteiger partial charge in [-0.25, -0.2) is 9.78 Å². The number of halogens is 1. The molecule has 1 aromatic heterocycles. The third-order valence-electron chi connectivity index (χ3n) is 2.56. The average Bonchev–Trinajstić information content (AvgIpc) is 2.74. The van der Waals surface area contributed by atoms with Gasteiger partial charge in [0, 0.05) is 5.02 Å². The van der Waals surface area contributed by atoms with E-state index in [1.165, 1.54) is 17.4 Å². The van der Waals surface area contributed by atoms with E-state index in [-0.39, 0.29) is 0 Å². The number of oxime groups is 1. The quantitative estimate of drug-likeness (QED) is 0.489. The Morgan fingerprint density at radius 2 is 2.15 bits per heavy atom. The van der Waals surface area contributed by atoms with Crippen molar-refractivity contribution < 1.29 is 9.63 Å². The predicted octanol–water partition coefficient (Wildman–Crippen LogP) is 3.99. The summed E-state index contributed by atoms with van der Waals surface area (Å²) in [7, 11) is 0. The molecule has 0 spiro atoms. The Hall–Kier alpha value is -1.72. The number of aromatic nitrogens is 1. The Bertz CT molecular complexity index is 680. The number of hydrogen-bond donors (Lipinski definition) is 0. The zero-order chi connectivity index (χ0) is 14.7. The standard InChI is InChI=1S/C14H13ClN2O2S/c1-8-13(20-10(3)16-8)9(2)17-19-14(18)11-5-4-6-12(15)7-11/h4-7H,1-3H3/b17-9-. The van der Waals surface area contributed by atoms with E-state index in [2.05, 4.69) is 10.1 Å². The molecule has 0 saturated carbocycles. The number of carbonyl (C=O) groups excluding carboxylic acids is 1. The van der Waals surface area contributed by atoms with Crippen LogP contribution in [-0.4, -0.2) is 16.7 Å². The van der Waals surface area contributed by atoms with E-state index >= 15 is 0 Å². The number of thiazole rings is 1. The van der Waals surface area contributed by atoms with E-state index in [1.807, 2.05) is 13.8 Å². The second-order valence-corrected chi connectivity index (χ2v) is 5.85. The van der Waals surface area contributed by atoms with Crippen molar-refractivity contribution in [3.05, 3.63) is 50.4 Å². The minimum Gasteiger partial charge on any atom is -0.313 e. The fraction of sp³-hybridized carbons (Fsp3) is 0.214. The molecule has 0 amide bonds. The molecule has 20 heavy (non-hydrogen) atoms. The third kappa shape index (κ3) is 3.43. The number of rotatable bonds is 3. The van der Waals surface area contributed by atoms with Crippen molar-refractivity contribution in [1.29, 1.82) is 0 Å². The number of aryl methyl sites for hydroxylation is 2. The molecule has 2 rings (SSSR count). The molecule has 0 atom stereocenters. The Kier molecular flexibility index (Phi) is 4.52. The topological polar surface area (TPSA) is 51.5 Å². The van der Waals surface area contributed by atoms with Crippen LogP contribution in [0.2, 0.25) is 5.02 Å². The summed E-state index contributed by atoms with van der Waals surface area (Å²) in [4.78, 5) is 22.0. The number of benzene rings is 1. The maximum atomic E-state index is 11.8. The van der Waals surface area contributed by atoms with Gasteiger partial charge in [0.1, 0.15) is 0 Å². The van der Waals surface area contributed by atoms with Crippen LogP contribution in [0.15, 0.2) is 29.4 Å². The van der Waals surface area contributed by atoms with E-state index in [0.29, 0.717) is 16.3 Å². The van der Waals surface area contributed by atoms with Crippen LogP contribution in [0, 0.1) is 13.8 Å². The smallest absolute Gasteiger partial charge is 0.313 e. The van der Waals surface area contributed by atoms with Crippen LogP contribution in [0.5, 0.6) is 0 Å². The summed E-state index contributed by atoms with van der Waals surface area (Å²) in [6.45, 7) is 5.61. The van der Waals surface area contributed by atoms with E-state index in [1.54, 1.807) is 25.1 Å². The van der Waals surface area contributed by atoms with Gasteiger partial charge in [-0.2, -0.15) is 0 Å². The highest BCUT2D eigenvalue weighted by molar-refractivity contribution is 7.13. The molecule has 1 aromatic carbocycles. The normalized spacial score (nSPS) is 11.5. The molecule has 0 saturated heterocycles. The molecule has 0 radical (unpaired) electrons. The van der Waals surface area contributed by atoms with Crippen molar-refractivity contribution in [2.24, 2.45) is 5.16 Å².